The fraction of sp³-hybridized carbons (Fsp3) is 0.0667. The predicted octanol–water partition coefficient (Wildman–Crippen LogP) is 2.03. The van der Waals surface area contributed by atoms with Crippen LogP contribution in [0.4, 0.5) is 0 Å². The molecule has 2 aromatic rings. The summed E-state index contributed by atoms with van der Waals surface area (Å²) in [6.07, 6.45) is 0.790. The van der Waals surface area contributed by atoms with E-state index in [1.165, 1.54) is 24.3 Å². The van der Waals surface area contributed by atoms with Gasteiger partial charge in [-0.15, -0.1) is 0 Å². The monoisotopic (exact) mass is 304 g/mol. The highest BCUT2D eigenvalue weighted by atomic mass is 32.2. The van der Waals surface area contributed by atoms with Gasteiger partial charge in [-0.25, -0.2) is 4.79 Å². The lowest BCUT2D eigenvalue weighted by atomic mass is 10.0. The van der Waals surface area contributed by atoms with Gasteiger partial charge in [0.25, 0.3) is 0 Å². The van der Waals surface area contributed by atoms with E-state index in [9.17, 15) is 18.0 Å². The first-order chi connectivity index (χ1) is 9.87. The average Bonchev–Trinajstić information content (AvgIpc) is 2.46. The lowest BCUT2D eigenvalue weighted by Gasteiger charge is -2.04. The van der Waals surface area contributed by atoms with Crippen molar-refractivity contribution in [2.75, 3.05) is 6.26 Å². The molecule has 0 radical (unpaired) electrons. The van der Waals surface area contributed by atoms with Crippen LogP contribution in [0.1, 0.15) is 26.3 Å². The molecular weight excluding hydrogens is 292 g/mol. The molecule has 0 unspecified atom stereocenters. The fourth-order valence-electron chi connectivity index (χ4n) is 1.70. The van der Waals surface area contributed by atoms with Crippen LogP contribution < -0.4 is 0 Å². The number of ketones is 1. The van der Waals surface area contributed by atoms with Crippen LogP contribution in [-0.2, 0) is 14.3 Å². The van der Waals surface area contributed by atoms with Gasteiger partial charge >= 0.3 is 16.1 Å². The summed E-state index contributed by atoms with van der Waals surface area (Å²) >= 11 is 0. The van der Waals surface area contributed by atoms with Gasteiger partial charge in [0, 0.05) is 11.1 Å². The first-order valence-corrected chi connectivity index (χ1v) is 7.82. The molecule has 0 heterocycles. The van der Waals surface area contributed by atoms with Crippen molar-refractivity contribution in [2.45, 2.75) is 0 Å². The maximum Gasteiger partial charge on any atom is 0.353 e. The van der Waals surface area contributed by atoms with Crippen LogP contribution in [0, 0.1) is 0 Å². The number of hydrogen-bond donors (Lipinski definition) is 0. The van der Waals surface area contributed by atoms with Gasteiger partial charge < -0.3 is 4.18 Å². The lowest BCUT2D eigenvalue weighted by Crippen LogP contribution is -2.11. The number of benzene rings is 2. The van der Waals surface area contributed by atoms with E-state index in [1.54, 1.807) is 30.3 Å². The smallest absolute Gasteiger partial charge is 0.341 e. The minimum atomic E-state index is -3.86. The summed E-state index contributed by atoms with van der Waals surface area (Å²) in [7, 11) is -3.86. The Morgan fingerprint density at radius 3 is 1.81 bits per heavy atom. The maximum absolute atomic E-state index is 12.1. The number of hydrogen-bond acceptors (Lipinski definition) is 5. The molecule has 0 saturated carbocycles. The highest BCUT2D eigenvalue weighted by molar-refractivity contribution is 7.86. The molecule has 21 heavy (non-hydrogen) atoms. The van der Waals surface area contributed by atoms with E-state index < -0.39 is 16.1 Å². The molecule has 0 amide bonds. The lowest BCUT2D eigenvalue weighted by molar-refractivity contribution is 0.0748. The summed E-state index contributed by atoms with van der Waals surface area (Å²) in [5.74, 6) is -1.16. The summed E-state index contributed by atoms with van der Waals surface area (Å²) in [6.45, 7) is 0. The quantitative estimate of drug-likeness (QED) is 0.638. The number of rotatable bonds is 4. The summed E-state index contributed by atoms with van der Waals surface area (Å²) < 4.78 is 26.0. The van der Waals surface area contributed by atoms with Crippen molar-refractivity contribution < 1.29 is 22.2 Å². The number of carbonyl (C=O) groups is 2. The summed E-state index contributed by atoms with van der Waals surface area (Å²) in [5, 5.41) is 0. The van der Waals surface area contributed by atoms with Crippen molar-refractivity contribution in [3.8, 4) is 0 Å². The summed E-state index contributed by atoms with van der Waals surface area (Å²) in [4.78, 5) is 23.7. The maximum atomic E-state index is 12.1. The van der Waals surface area contributed by atoms with Gasteiger partial charge in [-0.05, 0) is 12.1 Å². The normalized spacial score (nSPS) is 10.9. The van der Waals surface area contributed by atoms with Gasteiger partial charge in [-0.2, -0.15) is 8.42 Å². The van der Waals surface area contributed by atoms with E-state index in [2.05, 4.69) is 4.18 Å². The van der Waals surface area contributed by atoms with Crippen LogP contribution >= 0.6 is 0 Å². The Hall–Kier alpha value is -2.47. The minimum Gasteiger partial charge on any atom is -0.341 e. The second kappa shape index (κ2) is 5.88. The molecular formula is C15H12O5S. The highest BCUT2D eigenvalue weighted by Gasteiger charge is 2.15. The first kappa shape index (κ1) is 14.9. The largest absolute Gasteiger partial charge is 0.353 e. The van der Waals surface area contributed by atoms with Gasteiger partial charge in [0.1, 0.15) is 0 Å². The van der Waals surface area contributed by atoms with E-state index in [1.807, 2.05) is 0 Å². The Morgan fingerprint density at radius 2 is 1.29 bits per heavy atom. The highest BCUT2D eigenvalue weighted by Crippen LogP contribution is 2.12. The average molecular weight is 304 g/mol. The topological polar surface area (TPSA) is 77.5 Å². The molecule has 0 spiro atoms. The third kappa shape index (κ3) is 4.00. The molecule has 2 aromatic carbocycles. The van der Waals surface area contributed by atoms with E-state index >= 15 is 0 Å². The van der Waals surface area contributed by atoms with Crippen molar-refractivity contribution in [3.63, 3.8) is 0 Å². The van der Waals surface area contributed by atoms with Gasteiger partial charge in [0.05, 0.1) is 11.8 Å². The van der Waals surface area contributed by atoms with Crippen molar-refractivity contribution in [2.24, 2.45) is 0 Å². The SMILES string of the molecule is CS(=O)(=O)OC(=O)c1ccc(C(=O)c2ccccc2)cc1. The van der Waals surface area contributed by atoms with Gasteiger partial charge in [0.2, 0.25) is 0 Å². The molecule has 0 aliphatic carbocycles. The Morgan fingerprint density at radius 1 is 0.810 bits per heavy atom. The second-order valence-corrected chi connectivity index (χ2v) is 5.92. The minimum absolute atomic E-state index is 0.0602. The molecule has 2 rings (SSSR count). The summed E-state index contributed by atoms with van der Waals surface area (Å²) in [5.41, 5.74) is 0.992. The third-order valence-corrected chi connectivity index (χ3v) is 3.10. The molecule has 0 atom stereocenters. The molecule has 0 aliphatic heterocycles. The van der Waals surface area contributed by atoms with Gasteiger partial charge in [0.15, 0.2) is 5.78 Å². The fourth-order valence-corrected chi connectivity index (χ4v) is 2.07. The van der Waals surface area contributed by atoms with Crippen LogP contribution in [0.25, 0.3) is 0 Å². The Bertz CT molecular complexity index is 761. The van der Waals surface area contributed by atoms with Crippen molar-refractivity contribution in [1.29, 1.82) is 0 Å². The van der Waals surface area contributed by atoms with E-state index in [0.717, 1.165) is 6.26 Å². The van der Waals surface area contributed by atoms with Crippen LogP contribution in [0.3, 0.4) is 0 Å². The van der Waals surface area contributed by atoms with Crippen molar-refractivity contribution in [3.05, 3.63) is 71.3 Å². The first-order valence-electron chi connectivity index (χ1n) is 6.00. The zero-order valence-corrected chi connectivity index (χ0v) is 12.0. The molecule has 0 aliphatic rings. The van der Waals surface area contributed by atoms with Crippen molar-refractivity contribution in [1.82, 2.24) is 0 Å². The molecule has 0 N–H and O–H groups in total. The molecule has 5 nitrogen and oxygen atoms in total. The van der Waals surface area contributed by atoms with Crippen LogP contribution in [0.5, 0.6) is 0 Å². The Balaban J connectivity index is 2.20. The van der Waals surface area contributed by atoms with E-state index in [-0.39, 0.29) is 11.3 Å². The van der Waals surface area contributed by atoms with Crippen LogP contribution in [0.15, 0.2) is 54.6 Å². The van der Waals surface area contributed by atoms with Gasteiger partial charge in [-0.3, -0.25) is 4.79 Å². The molecule has 0 fully saturated rings. The molecule has 0 aromatic heterocycles. The standard InChI is InChI=1S/C15H12O5S/c1-21(18,19)20-15(17)13-9-7-12(8-10-13)14(16)11-5-3-2-4-6-11/h2-10H,1H3. The Labute approximate surface area is 122 Å². The summed E-state index contributed by atoms with van der Waals surface area (Å²) in [6, 6.07) is 14.3. The molecule has 108 valence electrons. The van der Waals surface area contributed by atoms with Crippen LogP contribution in [-0.4, -0.2) is 26.4 Å². The molecule has 0 saturated heterocycles. The van der Waals surface area contributed by atoms with Crippen LogP contribution in [0.2, 0.25) is 0 Å². The molecule has 6 heteroatoms. The zero-order valence-electron chi connectivity index (χ0n) is 11.1. The molecule has 0 bridgehead atoms. The Kier molecular flexibility index (Phi) is 4.18. The zero-order chi connectivity index (χ0) is 15.5. The van der Waals surface area contributed by atoms with E-state index in [4.69, 9.17) is 0 Å². The van der Waals surface area contributed by atoms with Crippen molar-refractivity contribution >= 4 is 21.9 Å². The van der Waals surface area contributed by atoms with Gasteiger partial charge in [-0.1, -0.05) is 42.5 Å². The predicted molar refractivity (Wildman–Crippen MR) is 76.6 cm³/mol. The number of carbonyl (C=O) groups excluding carboxylic acids is 2. The third-order valence-electron chi connectivity index (χ3n) is 2.65. The second-order valence-electron chi connectivity index (χ2n) is 4.35. The van der Waals surface area contributed by atoms with E-state index in [0.29, 0.717) is 11.1 Å².